The van der Waals surface area contributed by atoms with E-state index in [2.05, 4.69) is 17.4 Å². The normalized spacial score (nSPS) is 18.1. The SMILES string of the molecule is COCC[C@H](CC1(C(=O)NCCCc2ccc3c(c2)CCO3)CCCC1)C(=O)O. The van der Waals surface area contributed by atoms with Gasteiger partial charge in [-0.05, 0) is 55.7 Å². The first kappa shape index (κ1) is 21.6. The van der Waals surface area contributed by atoms with Crippen LogP contribution in [0, 0.1) is 11.3 Å². The maximum absolute atomic E-state index is 13.0. The van der Waals surface area contributed by atoms with Gasteiger partial charge in [0, 0.05) is 32.1 Å². The predicted octanol–water partition coefficient (Wildman–Crippen LogP) is 3.36. The van der Waals surface area contributed by atoms with Gasteiger partial charge in [-0.2, -0.15) is 0 Å². The molecule has 1 saturated carbocycles. The molecular weight excluding hydrogens is 370 g/mol. The average Bonchev–Trinajstić information content (AvgIpc) is 3.37. The van der Waals surface area contributed by atoms with Gasteiger partial charge in [0.25, 0.3) is 0 Å². The van der Waals surface area contributed by atoms with Gasteiger partial charge in [-0.15, -0.1) is 0 Å². The lowest BCUT2D eigenvalue weighted by Gasteiger charge is -2.30. The summed E-state index contributed by atoms with van der Waals surface area (Å²) in [6.45, 7) is 1.78. The van der Waals surface area contributed by atoms with Crippen molar-refractivity contribution in [1.82, 2.24) is 5.32 Å². The summed E-state index contributed by atoms with van der Waals surface area (Å²) >= 11 is 0. The zero-order valence-electron chi connectivity index (χ0n) is 17.4. The fourth-order valence-electron chi connectivity index (χ4n) is 4.70. The molecule has 0 saturated heterocycles. The number of nitrogens with one attached hydrogen (secondary N) is 1. The molecule has 160 valence electrons. The molecule has 1 aliphatic heterocycles. The Kier molecular flexibility index (Phi) is 7.53. The number of fused-ring (bicyclic) bond motifs is 1. The van der Waals surface area contributed by atoms with Gasteiger partial charge >= 0.3 is 5.97 Å². The van der Waals surface area contributed by atoms with Crippen LogP contribution in [-0.4, -0.2) is 43.9 Å². The summed E-state index contributed by atoms with van der Waals surface area (Å²) in [5.74, 6) is -0.346. The van der Waals surface area contributed by atoms with Gasteiger partial charge in [-0.25, -0.2) is 0 Å². The molecule has 1 aromatic rings. The number of hydrogen-bond acceptors (Lipinski definition) is 4. The molecule has 1 aliphatic carbocycles. The lowest BCUT2D eigenvalue weighted by atomic mass is 9.76. The van der Waals surface area contributed by atoms with Gasteiger partial charge < -0.3 is 19.9 Å². The maximum Gasteiger partial charge on any atom is 0.306 e. The van der Waals surface area contributed by atoms with Crippen LogP contribution in [0.25, 0.3) is 0 Å². The Morgan fingerprint density at radius 3 is 2.83 bits per heavy atom. The summed E-state index contributed by atoms with van der Waals surface area (Å²) < 4.78 is 10.6. The number of methoxy groups -OCH3 is 1. The molecule has 6 nitrogen and oxygen atoms in total. The van der Waals surface area contributed by atoms with E-state index < -0.39 is 17.3 Å². The summed E-state index contributed by atoms with van der Waals surface area (Å²) in [6, 6.07) is 6.34. The number of rotatable bonds is 11. The quantitative estimate of drug-likeness (QED) is 0.554. The molecule has 3 rings (SSSR count). The van der Waals surface area contributed by atoms with Crippen molar-refractivity contribution in [2.24, 2.45) is 11.3 Å². The highest BCUT2D eigenvalue weighted by Crippen LogP contribution is 2.44. The fraction of sp³-hybridized carbons (Fsp3) is 0.652. The van der Waals surface area contributed by atoms with Crippen molar-refractivity contribution in [2.45, 2.75) is 57.8 Å². The second kappa shape index (κ2) is 10.1. The third-order valence-electron chi connectivity index (χ3n) is 6.38. The third kappa shape index (κ3) is 5.50. The van der Waals surface area contributed by atoms with Crippen LogP contribution >= 0.6 is 0 Å². The average molecular weight is 404 g/mol. The van der Waals surface area contributed by atoms with Crippen molar-refractivity contribution in [3.63, 3.8) is 0 Å². The number of carboxylic acid groups (broad SMARTS) is 1. The highest BCUT2D eigenvalue weighted by molar-refractivity contribution is 5.83. The second-order valence-corrected chi connectivity index (χ2v) is 8.41. The Hall–Kier alpha value is -2.08. The molecule has 1 atom stereocenters. The Morgan fingerprint density at radius 1 is 1.31 bits per heavy atom. The van der Waals surface area contributed by atoms with Crippen LogP contribution < -0.4 is 10.1 Å². The number of carbonyl (C=O) groups excluding carboxylic acids is 1. The Balaban J connectivity index is 1.50. The number of aliphatic carboxylic acids is 1. The molecule has 2 aliphatic rings. The number of amides is 1. The predicted molar refractivity (Wildman–Crippen MR) is 110 cm³/mol. The smallest absolute Gasteiger partial charge is 0.306 e. The van der Waals surface area contributed by atoms with E-state index in [1.165, 1.54) is 11.1 Å². The Morgan fingerprint density at radius 2 is 2.10 bits per heavy atom. The number of benzene rings is 1. The van der Waals surface area contributed by atoms with Crippen molar-refractivity contribution in [1.29, 1.82) is 0 Å². The van der Waals surface area contributed by atoms with E-state index in [0.717, 1.165) is 57.3 Å². The van der Waals surface area contributed by atoms with Crippen LogP contribution in [0.3, 0.4) is 0 Å². The van der Waals surface area contributed by atoms with Gasteiger partial charge in [0.15, 0.2) is 0 Å². The highest BCUT2D eigenvalue weighted by Gasteiger charge is 2.43. The van der Waals surface area contributed by atoms with Crippen molar-refractivity contribution in [3.05, 3.63) is 29.3 Å². The van der Waals surface area contributed by atoms with Crippen molar-refractivity contribution < 1.29 is 24.2 Å². The van der Waals surface area contributed by atoms with E-state index in [1.54, 1.807) is 7.11 Å². The molecule has 0 aromatic heterocycles. The molecule has 0 unspecified atom stereocenters. The number of hydrogen-bond donors (Lipinski definition) is 2. The highest BCUT2D eigenvalue weighted by atomic mass is 16.5. The Bertz CT molecular complexity index is 711. The van der Waals surface area contributed by atoms with Gasteiger partial charge in [-0.1, -0.05) is 25.0 Å². The fourth-order valence-corrected chi connectivity index (χ4v) is 4.70. The summed E-state index contributed by atoms with van der Waals surface area (Å²) in [5.41, 5.74) is 2.00. The first-order chi connectivity index (χ1) is 14.0. The summed E-state index contributed by atoms with van der Waals surface area (Å²) in [6.07, 6.45) is 7.13. The minimum absolute atomic E-state index is 0.0287. The number of carbonyl (C=O) groups is 2. The first-order valence-corrected chi connectivity index (χ1v) is 10.8. The summed E-state index contributed by atoms with van der Waals surface area (Å²) in [5, 5.41) is 12.7. The second-order valence-electron chi connectivity index (χ2n) is 8.41. The van der Waals surface area contributed by atoms with E-state index in [1.807, 2.05) is 6.07 Å². The number of ether oxygens (including phenoxy) is 2. The minimum atomic E-state index is -0.832. The van der Waals surface area contributed by atoms with Crippen molar-refractivity contribution >= 4 is 11.9 Å². The molecule has 1 aromatic carbocycles. The molecular formula is C23H33NO5. The van der Waals surface area contributed by atoms with E-state index >= 15 is 0 Å². The lowest BCUT2D eigenvalue weighted by Crippen LogP contribution is -2.42. The van der Waals surface area contributed by atoms with Crippen LogP contribution in [0.4, 0.5) is 0 Å². The van der Waals surface area contributed by atoms with Gasteiger partial charge in [0.05, 0.1) is 12.5 Å². The standard InChI is InChI=1S/C23H33NO5/c1-28-13-8-19(21(25)26)16-23(10-2-3-11-23)22(27)24-12-4-5-17-6-7-20-18(15-17)9-14-29-20/h6-7,15,19H,2-5,8-14,16H2,1H3,(H,24,27)(H,25,26)/t19-/m1/s1. The van der Waals surface area contributed by atoms with Gasteiger partial charge in [0.1, 0.15) is 5.75 Å². The van der Waals surface area contributed by atoms with E-state index in [0.29, 0.717) is 26.0 Å². The molecule has 1 amide bonds. The molecule has 2 N–H and O–H groups in total. The largest absolute Gasteiger partial charge is 0.493 e. The van der Waals surface area contributed by atoms with Crippen LogP contribution in [0.1, 0.15) is 56.1 Å². The third-order valence-corrected chi connectivity index (χ3v) is 6.38. The summed E-state index contributed by atoms with van der Waals surface area (Å²) in [7, 11) is 1.57. The van der Waals surface area contributed by atoms with Crippen LogP contribution in [0.15, 0.2) is 18.2 Å². The van der Waals surface area contributed by atoms with Crippen LogP contribution in [0.5, 0.6) is 5.75 Å². The molecule has 1 fully saturated rings. The maximum atomic E-state index is 13.0. The molecule has 6 heteroatoms. The number of carboxylic acids is 1. The lowest BCUT2D eigenvalue weighted by molar-refractivity contribution is -0.145. The Labute approximate surface area is 173 Å². The van der Waals surface area contributed by atoms with E-state index in [4.69, 9.17) is 9.47 Å². The van der Waals surface area contributed by atoms with Gasteiger partial charge in [0.2, 0.25) is 5.91 Å². The zero-order chi connectivity index (χ0) is 20.7. The monoisotopic (exact) mass is 403 g/mol. The van der Waals surface area contributed by atoms with Crippen molar-refractivity contribution in [2.75, 3.05) is 26.9 Å². The van der Waals surface area contributed by atoms with Crippen LogP contribution in [-0.2, 0) is 27.2 Å². The first-order valence-electron chi connectivity index (χ1n) is 10.8. The van der Waals surface area contributed by atoms with Crippen molar-refractivity contribution in [3.8, 4) is 5.75 Å². The molecule has 0 bridgehead atoms. The minimum Gasteiger partial charge on any atom is -0.493 e. The molecule has 0 spiro atoms. The van der Waals surface area contributed by atoms with Crippen LogP contribution in [0.2, 0.25) is 0 Å². The zero-order valence-corrected chi connectivity index (χ0v) is 17.4. The van der Waals surface area contributed by atoms with E-state index in [9.17, 15) is 14.7 Å². The topological polar surface area (TPSA) is 84.9 Å². The number of aryl methyl sites for hydroxylation is 1. The molecule has 1 heterocycles. The summed E-state index contributed by atoms with van der Waals surface area (Å²) in [4.78, 5) is 24.7. The molecule has 0 radical (unpaired) electrons. The molecule has 29 heavy (non-hydrogen) atoms. The van der Waals surface area contributed by atoms with E-state index in [-0.39, 0.29) is 5.91 Å². The van der Waals surface area contributed by atoms with Gasteiger partial charge in [-0.3, -0.25) is 9.59 Å².